The maximum atomic E-state index is 4.11. The van der Waals surface area contributed by atoms with Crippen molar-refractivity contribution in [2.75, 3.05) is 0 Å². The summed E-state index contributed by atoms with van der Waals surface area (Å²) in [5.74, 6) is 0. The van der Waals surface area contributed by atoms with E-state index in [4.69, 9.17) is 0 Å². The summed E-state index contributed by atoms with van der Waals surface area (Å²) in [4.78, 5) is 4.11. The van der Waals surface area contributed by atoms with E-state index >= 15 is 0 Å². The SMILES string of the molecule is C=CCC(CC=C)(CCCC)c1ccncc1. The quantitative estimate of drug-likeness (QED) is 0.591. The van der Waals surface area contributed by atoms with Crippen molar-refractivity contribution >= 4 is 0 Å². The Morgan fingerprint density at radius 1 is 1.18 bits per heavy atom. The van der Waals surface area contributed by atoms with Gasteiger partial charge in [-0.1, -0.05) is 31.9 Å². The first-order valence-electron chi connectivity index (χ1n) is 6.41. The summed E-state index contributed by atoms with van der Waals surface area (Å²) in [7, 11) is 0. The van der Waals surface area contributed by atoms with E-state index in [9.17, 15) is 0 Å². The maximum absolute atomic E-state index is 4.11. The van der Waals surface area contributed by atoms with E-state index in [0.29, 0.717) is 0 Å². The third-order valence-electron chi connectivity index (χ3n) is 3.37. The minimum Gasteiger partial charge on any atom is -0.265 e. The number of hydrogen-bond acceptors (Lipinski definition) is 1. The molecule has 1 heterocycles. The van der Waals surface area contributed by atoms with Crippen LogP contribution in [-0.2, 0) is 5.41 Å². The highest BCUT2D eigenvalue weighted by Crippen LogP contribution is 2.37. The Morgan fingerprint density at radius 2 is 1.76 bits per heavy atom. The first-order valence-corrected chi connectivity index (χ1v) is 6.41. The summed E-state index contributed by atoms with van der Waals surface area (Å²) in [6.45, 7) is 10.1. The number of aromatic nitrogens is 1. The van der Waals surface area contributed by atoms with Crippen LogP contribution in [0.4, 0.5) is 0 Å². The Morgan fingerprint density at radius 3 is 2.24 bits per heavy atom. The molecule has 1 aromatic rings. The molecule has 1 nitrogen and oxygen atoms in total. The van der Waals surface area contributed by atoms with Gasteiger partial charge in [0.15, 0.2) is 0 Å². The van der Waals surface area contributed by atoms with E-state index in [-0.39, 0.29) is 5.41 Å². The minimum atomic E-state index is 0.169. The van der Waals surface area contributed by atoms with Gasteiger partial charge in [0.1, 0.15) is 0 Å². The Bertz CT molecular complexity index is 330. The Hall–Kier alpha value is -1.37. The Labute approximate surface area is 105 Å². The summed E-state index contributed by atoms with van der Waals surface area (Å²) >= 11 is 0. The smallest absolute Gasteiger partial charge is 0.0270 e. The zero-order valence-electron chi connectivity index (χ0n) is 10.9. The van der Waals surface area contributed by atoms with Gasteiger partial charge in [-0.25, -0.2) is 0 Å². The summed E-state index contributed by atoms with van der Waals surface area (Å²) in [5.41, 5.74) is 1.53. The lowest BCUT2D eigenvalue weighted by Gasteiger charge is -2.32. The van der Waals surface area contributed by atoms with Gasteiger partial charge in [0.25, 0.3) is 0 Å². The molecule has 1 rings (SSSR count). The highest BCUT2D eigenvalue weighted by atomic mass is 14.6. The highest BCUT2D eigenvalue weighted by molar-refractivity contribution is 5.25. The van der Waals surface area contributed by atoms with Crippen LogP contribution in [-0.4, -0.2) is 4.98 Å². The van der Waals surface area contributed by atoms with Crippen LogP contribution in [0.3, 0.4) is 0 Å². The molecule has 0 bridgehead atoms. The average Bonchev–Trinajstić information content (AvgIpc) is 2.37. The van der Waals surface area contributed by atoms with Crippen LogP contribution in [0.25, 0.3) is 0 Å². The molecule has 0 amide bonds. The van der Waals surface area contributed by atoms with Crippen molar-refractivity contribution in [2.45, 2.75) is 44.4 Å². The van der Waals surface area contributed by atoms with Gasteiger partial charge in [-0.3, -0.25) is 4.98 Å². The largest absolute Gasteiger partial charge is 0.265 e. The van der Waals surface area contributed by atoms with E-state index in [1.165, 1.54) is 24.8 Å². The standard InChI is InChI=1S/C16H23N/c1-4-7-12-16(10-5-2,11-6-3)15-8-13-17-14-9-15/h5-6,8-9,13-14H,2-4,7,10-12H2,1H3. The lowest BCUT2D eigenvalue weighted by atomic mass is 9.72. The number of rotatable bonds is 8. The fourth-order valence-electron chi connectivity index (χ4n) is 2.44. The van der Waals surface area contributed by atoms with E-state index in [0.717, 1.165) is 12.8 Å². The zero-order chi connectivity index (χ0) is 12.6. The van der Waals surface area contributed by atoms with Crippen LogP contribution in [0.5, 0.6) is 0 Å². The predicted octanol–water partition coefficient (Wildman–Crippen LogP) is 4.66. The topological polar surface area (TPSA) is 12.9 Å². The van der Waals surface area contributed by atoms with E-state index < -0.39 is 0 Å². The van der Waals surface area contributed by atoms with Crippen molar-refractivity contribution in [2.24, 2.45) is 0 Å². The fraction of sp³-hybridized carbons (Fsp3) is 0.438. The molecular formula is C16H23N. The second-order valence-electron chi connectivity index (χ2n) is 4.61. The number of nitrogens with zero attached hydrogens (tertiary/aromatic N) is 1. The van der Waals surface area contributed by atoms with Gasteiger partial charge in [-0.05, 0) is 37.0 Å². The van der Waals surface area contributed by atoms with Gasteiger partial charge < -0.3 is 0 Å². The minimum absolute atomic E-state index is 0.169. The Balaban J connectivity index is 3.03. The molecule has 1 heteroatoms. The first-order chi connectivity index (χ1) is 8.29. The summed E-state index contributed by atoms with van der Waals surface area (Å²) in [6, 6.07) is 4.26. The molecule has 0 atom stereocenters. The van der Waals surface area contributed by atoms with Crippen LogP contribution in [0.2, 0.25) is 0 Å². The number of allylic oxidation sites excluding steroid dienone is 2. The molecule has 0 N–H and O–H groups in total. The monoisotopic (exact) mass is 229 g/mol. The molecule has 0 saturated carbocycles. The maximum Gasteiger partial charge on any atom is 0.0270 e. The highest BCUT2D eigenvalue weighted by Gasteiger charge is 2.28. The molecule has 0 radical (unpaired) electrons. The molecule has 0 aliphatic rings. The second-order valence-corrected chi connectivity index (χ2v) is 4.61. The predicted molar refractivity (Wildman–Crippen MR) is 75.1 cm³/mol. The van der Waals surface area contributed by atoms with Crippen LogP contribution >= 0.6 is 0 Å². The normalized spacial score (nSPS) is 11.1. The second kappa shape index (κ2) is 7.05. The molecule has 17 heavy (non-hydrogen) atoms. The van der Waals surface area contributed by atoms with Gasteiger partial charge in [-0.2, -0.15) is 0 Å². The first kappa shape index (κ1) is 13.7. The summed E-state index contributed by atoms with van der Waals surface area (Å²) < 4.78 is 0. The van der Waals surface area contributed by atoms with Crippen LogP contribution in [0, 0.1) is 0 Å². The van der Waals surface area contributed by atoms with Crippen LogP contribution in [0.15, 0.2) is 49.8 Å². The summed E-state index contributed by atoms with van der Waals surface area (Å²) in [6.07, 6.45) is 13.5. The molecule has 0 aromatic carbocycles. The van der Waals surface area contributed by atoms with E-state index in [2.05, 4.69) is 37.2 Å². The van der Waals surface area contributed by atoms with Crippen LogP contribution < -0.4 is 0 Å². The molecular weight excluding hydrogens is 206 g/mol. The summed E-state index contributed by atoms with van der Waals surface area (Å²) in [5, 5.41) is 0. The average molecular weight is 229 g/mol. The molecule has 92 valence electrons. The van der Waals surface area contributed by atoms with Crippen molar-refractivity contribution in [3.05, 3.63) is 55.4 Å². The number of hydrogen-bond donors (Lipinski definition) is 0. The number of pyridine rings is 1. The van der Waals surface area contributed by atoms with Gasteiger partial charge in [0, 0.05) is 17.8 Å². The molecule has 1 aromatic heterocycles. The van der Waals surface area contributed by atoms with E-state index in [1.807, 2.05) is 24.5 Å². The van der Waals surface area contributed by atoms with Crippen molar-refractivity contribution < 1.29 is 0 Å². The van der Waals surface area contributed by atoms with Crippen molar-refractivity contribution in [3.63, 3.8) is 0 Å². The third-order valence-corrected chi connectivity index (χ3v) is 3.37. The third kappa shape index (κ3) is 3.55. The van der Waals surface area contributed by atoms with Crippen molar-refractivity contribution in [1.82, 2.24) is 4.98 Å². The van der Waals surface area contributed by atoms with E-state index in [1.54, 1.807) is 0 Å². The molecule has 0 aliphatic carbocycles. The van der Waals surface area contributed by atoms with Gasteiger partial charge >= 0.3 is 0 Å². The van der Waals surface area contributed by atoms with Gasteiger partial charge in [-0.15, -0.1) is 13.2 Å². The molecule has 0 fully saturated rings. The lowest BCUT2D eigenvalue weighted by Crippen LogP contribution is -2.25. The molecule has 0 aliphatic heterocycles. The van der Waals surface area contributed by atoms with Crippen molar-refractivity contribution in [3.8, 4) is 0 Å². The molecule has 0 unspecified atom stereocenters. The van der Waals surface area contributed by atoms with Crippen molar-refractivity contribution in [1.29, 1.82) is 0 Å². The molecule has 0 saturated heterocycles. The number of unbranched alkanes of at least 4 members (excludes halogenated alkanes) is 1. The molecule has 0 spiro atoms. The Kier molecular flexibility index (Phi) is 5.68. The van der Waals surface area contributed by atoms with Gasteiger partial charge in [0.05, 0.1) is 0 Å². The fourth-order valence-corrected chi connectivity index (χ4v) is 2.44. The lowest BCUT2D eigenvalue weighted by molar-refractivity contribution is 0.386. The van der Waals surface area contributed by atoms with Gasteiger partial charge in [0.2, 0.25) is 0 Å². The van der Waals surface area contributed by atoms with Crippen LogP contribution in [0.1, 0.15) is 44.6 Å². The zero-order valence-corrected chi connectivity index (χ0v) is 10.9.